The van der Waals surface area contributed by atoms with Gasteiger partial charge in [0.05, 0.1) is 6.61 Å². The third kappa shape index (κ3) is 2.80. The summed E-state index contributed by atoms with van der Waals surface area (Å²) in [5.41, 5.74) is 8.12. The summed E-state index contributed by atoms with van der Waals surface area (Å²) in [6, 6.07) is 3.52. The van der Waals surface area contributed by atoms with Crippen LogP contribution in [-0.2, 0) is 9.53 Å². The van der Waals surface area contributed by atoms with E-state index in [9.17, 15) is 4.79 Å². The topological polar surface area (TPSA) is 52.3 Å². The summed E-state index contributed by atoms with van der Waals surface area (Å²) >= 11 is 3.14. The molecule has 0 fully saturated rings. The number of hydrogen-bond acceptors (Lipinski definition) is 5. The van der Waals surface area contributed by atoms with Gasteiger partial charge in [0.2, 0.25) is 0 Å². The number of rotatable bonds is 5. The van der Waals surface area contributed by atoms with E-state index in [0.717, 1.165) is 11.1 Å². The Morgan fingerprint density at radius 2 is 1.89 bits per heavy atom. The fourth-order valence-electron chi connectivity index (χ4n) is 1.83. The van der Waals surface area contributed by atoms with E-state index in [0.29, 0.717) is 6.61 Å². The summed E-state index contributed by atoms with van der Waals surface area (Å²) in [5, 5.41) is 7.84. The van der Waals surface area contributed by atoms with E-state index in [2.05, 4.69) is 0 Å². The van der Waals surface area contributed by atoms with E-state index < -0.39 is 5.92 Å². The van der Waals surface area contributed by atoms with Crippen molar-refractivity contribution in [2.45, 2.75) is 18.9 Å². The Kier molecular flexibility index (Phi) is 4.52. The van der Waals surface area contributed by atoms with Crippen LogP contribution in [0.25, 0.3) is 0 Å². The Morgan fingerprint density at radius 3 is 2.39 bits per heavy atom. The number of esters is 1. The van der Waals surface area contributed by atoms with Gasteiger partial charge in [-0.05, 0) is 51.7 Å². The number of carbonyl (C=O) groups is 1. The lowest BCUT2D eigenvalue weighted by atomic mass is 9.90. The molecule has 5 heteroatoms. The highest BCUT2D eigenvalue weighted by atomic mass is 32.1. The minimum Gasteiger partial charge on any atom is -0.465 e. The van der Waals surface area contributed by atoms with E-state index >= 15 is 0 Å². The predicted octanol–water partition coefficient (Wildman–Crippen LogP) is 3.16. The van der Waals surface area contributed by atoms with Crippen molar-refractivity contribution in [3.63, 3.8) is 0 Å². The molecule has 18 heavy (non-hydrogen) atoms. The number of nitrogens with two attached hydrogens (primary N) is 1. The molecular formula is C13H15NO2S2. The van der Waals surface area contributed by atoms with Gasteiger partial charge in [0.1, 0.15) is 5.92 Å². The van der Waals surface area contributed by atoms with Crippen molar-refractivity contribution in [3.05, 3.63) is 44.8 Å². The van der Waals surface area contributed by atoms with Gasteiger partial charge < -0.3 is 10.5 Å². The lowest BCUT2D eigenvalue weighted by Gasteiger charge is -2.21. The molecular weight excluding hydrogens is 266 g/mol. The third-order valence-corrected chi connectivity index (χ3v) is 4.13. The molecule has 2 aromatic rings. The molecule has 0 aliphatic heterocycles. The molecule has 0 aliphatic carbocycles. The van der Waals surface area contributed by atoms with Crippen LogP contribution in [0.4, 0.5) is 0 Å². The number of ether oxygens (including phenoxy) is 1. The molecule has 0 amide bonds. The number of carbonyl (C=O) groups excluding carboxylic acids is 1. The maximum Gasteiger partial charge on any atom is 0.315 e. The van der Waals surface area contributed by atoms with E-state index in [4.69, 9.17) is 10.5 Å². The standard InChI is InChI=1S/C13H15NO2S2/c1-2-16-13(15)11(9-3-5-17-7-9)12(14)10-4-6-18-8-10/h3-8,11-12H,2,14H2,1H3. The molecule has 0 aliphatic rings. The second-order valence-electron chi connectivity index (χ2n) is 3.87. The van der Waals surface area contributed by atoms with Gasteiger partial charge in [0, 0.05) is 6.04 Å². The Balaban J connectivity index is 2.27. The largest absolute Gasteiger partial charge is 0.465 e. The molecule has 2 heterocycles. The van der Waals surface area contributed by atoms with Gasteiger partial charge in [-0.3, -0.25) is 4.79 Å². The minimum atomic E-state index is -0.425. The zero-order valence-electron chi connectivity index (χ0n) is 10.0. The van der Waals surface area contributed by atoms with Gasteiger partial charge in [-0.1, -0.05) is 0 Å². The Labute approximate surface area is 114 Å². The molecule has 0 saturated heterocycles. The molecule has 3 nitrogen and oxygen atoms in total. The first kappa shape index (κ1) is 13.3. The maximum atomic E-state index is 12.1. The normalized spacial score (nSPS) is 14.1. The van der Waals surface area contributed by atoms with Crippen molar-refractivity contribution in [1.29, 1.82) is 0 Å². The monoisotopic (exact) mass is 281 g/mol. The zero-order valence-corrected chi connectivity index (χ0v) is 11.7. The van der Waals surface area contributed by atoms with Crippen molar-refractivity contribution < 1.29 is 9.53 Å². The lowest BCUT2D eigenvalue weighted by Crippen LogP contribution is -2.27. The molecule has 2 aromatic heterocycles. The van der Waals surface area contributed by atoms with E-state index in [1.165, 1.54) is 0 Å². The van der Waals surface area contributed by atoms with Gasteiger partial charge in [0.25, 0.3) is 0 Å². The molecule has 0 saturated carbocycles. The van der Waals surface area contributed by atoms with E-state index in [-0.39, 0.29) is 12.0 Å². The Morgan fingerprint density at radius 1 is 1.28 bits per heavy atom. The first-order chi connectivity index (χ1) is 8.74. The van der Waals surface area contributed by atoms with Crippen molar-refractivity contribution >= 4 is 28.6 Å². The summed E-state index contributed by atoms with van der Waals surface area (Å²) in [5.74, 6) is -0.680. The number of thiophene rings is 2. The van der Waals surface area contributed by atoms with Crippen LogP contribution >= 0.6 is 22.7 Å². The SMILES string of the molecule is CCOC(=O)C(c1ccsc1)C(N)c1ccsc1. The summed E-state index contributed by atoms with van der Waals surface area (Å²) < 4.78 is 5.14. The lowest BCUT2D eigenvalue weighted by molar-refractivity contribution is -0.145. The highest BCUT2D eigenvalue weighted by Crippen LogP contribution is 2.32. The molecule has 2 rings (SSSR count). The van der Waals surface area contributed by atoms with Crippen LogP contribution in [0.5, 0.6) is 0 Å². The average Bonchev–Trinajstić information content (AvgIpc) is 3.02. The van der Waals surface area contributed by atoms with Crippen LogP contribution in [-0.4, -0.2) is 12.6 Å². The first-order valence-corrected chi connectivity index (χ1v) is 7.59. The summed E-state index contributed by atoms with van der Waals surface area (Å²) in [4.78, 5) is 12.1. The molecule has 2 unspecified atom stereocenters. The van der Waals surface area contributed by atoms with Gasteiger partial charge in [-0.15, -0.1) is 0 Å². The third-order valence-electron chi connectivity index (χ3n) is 2.73. The van der Waals surface area contributed by atoms with Crippen LogP contribution in [0.1, 0.15) is 30.0 Å². The first-order valence-electron chi connectivity index (χ1n) is 5.70. The predicted molar refractivity (Wildman–Crippen MR) is 74.9 cm³/mol. The van der Waals surface area contributed by atoms with Crippen LogP contribution < -0.4 is 5.73 Å². The maximum absolute atomic E-state index is 12.1. The molecule has 2 N–H and O–H groups in total. The van der Waals surface area contributed by atoms with Crippen LogP contribution in [0.3, 0.4) is 0 Å². The molecule has 0 spiro atoms. The quantitative estimate of drug-likeness (QED) is 0.857. The molecule has 96 valence electrons. The van der Waals surface area contributed by atoms with Gasteiger partial charge in [-0.2, -0.15) is 22.7 Å². The number of hydrogen-bond donors (Lipinski definition) is 1. The fraction of sp³-hybridized carbons (Fsp3) is 0.308. The molecule has 0 bridgehead atoms. The molecule has 0 aromatic carbocycles. The van der Waals surface area contributed by atoms with Crippen LogP contribution in [0.2, 0.25) is 0 Å². The zero-order chi connectivity index (χ0) is 13.0. The second kappa shape index (κ2) is 6.13. The molecule has 2 atom stereocenters. The van der Waals surface area contributed by atoms with Crippen molar-refractivity contribution in [2.75, 3.05) is 6.61 Å². The van der Waals surface area contributed by atoms with Crippen molar-refractivity contribution in [1.82, 2.24) is 0 Å². The highest BCUT2D eigenvalue weighted by Gasteiger charge is 2.30. The fourth-order valence-corrected chi connectivity index (χ4v) is 3.23. The van der Waals surface area contributed by atoms with Gasteiger partial charge in [-0.25, -0.2) is 0 Å². The Hall–Kier alpha value is -1.17. The van der Waals surface area contributed by atoms with Gasteiger partial charge >= 0.3 is 5.97 Å². The van der Waals surface area contributed by atoms with Crippen LogP contribution in [0.15, 0.2) is 33.7 Å². The minimum absolute atomic E-state index is 0.255. The summed E-state index contributed by atoms with van der Waals surface area (Å²) in [6.07, 6.45) is 0. The average molecular weight is 281 g/mol. The Bertz CT molecular complexity index is 479. The van der Waals surface area contributed by atoms with E-state index in [1.54, 1.807) is 29.6 Å². The van der Waals surface area contributed by atoms with E-state index in [1.807, 2.05) is 33.7 Å². The summed E-state index contributed by atoms with van der Waals surface area (Å²) in [6.45, 7) is 2.18. The van der Waals surface area contributed by atoms with Gasteiger partial charge in [0.15, 0.2) is 0 Å². The van der Waals surface area contributed by atoms with Crippen LogP contribution in [0, 0.1) is 0 Å². The van der Waals surface area contributed by atoms with Crippen molar-refractivity contribution in [2.24, 2.45) is 5.73 Å². The smallest absolute Gasteiger partial charge is 0.315 e. The summed E-state index contributed by atoms with van der Waals surface area (Å²) in [7, 11) is 0. The second-order valence-corrected chi connectivity index (χ2v) is 5.43. The highest BCUT2D eigenvalue weighted by molar-refractivity contribution is 7.08. The van der Waals surface area contributed by atoms with Crippen molar-refractivity contribution in [3.8, 4) is 0 Å². The molecule has 0 radical (unpaired) electrons.